The second-order valence-electron chi connectivity index (χ2n) is 7.08. The topological polar surface area (TPSA) is 41.9 Å². The van der Waals surface area contributed by atoms with Crippen LogP contribution in [0.15, 0.2) is 18.2 Å². The molecule has 0 aliphatic heterocycles. The van der Waals surface area contributed by atoms with Gasteiger partial charge in [-0.05, 0) is 57.1 Å². The summed E-state index contributed by atoms with van der Waals surface area (Å²) in [6, 6.07) is 5.71. The molecule has 0 spiro atoms. The Bertz CT molecular complexity index is 1160. The van der Waals surface area contributed by atoms with Gasteiger partial charge in [-0.3, -0.25) is 4.68 Å². The normalized spacial score (nSPS) is 11.0. The number of rotatable bonds is 4. The fourth-order valence-electron chi connectivity index (χ4n) is 3.12. The first-order valence-electron chi connectivity index (χ1n) is 9.21. The number of aromatic nitrogens is 2. The highest BCUT2D eigenvalue weighted by molar-refractivity contribution is 7.80. The van der Waals surface area contributed by atoms with Crippen LogP contribution in [0.25, 0.3) is 0 Å². The Balaban J connectivity index is 1.87. The molecule has 0 aliphatic carbocycles. The van der Waals surface area contributed by atoms with Crippen molar-refractivity contribution in [2.24, 2.45) is 0 Å². The van der Waals surface area contributed by atoms with Gasteiger partial charge in [0.05, 0.1) is 29.2 Å². The van der Waals surface area contributed by atoms with Gasteiger partial charge >= 0.3 is 0 Å². The number of nitrogens with zero attached hydrogens (tertiary/aromatic N) is 2. The van der Waals surface area contributed by atoms with Crippen molar-refractivity contribution in [2.75, 3.05) is 10.6 Å². The van der Waals surface area contributed by atoms with Gasteiger partial charge in [-0.25, -0.2) is 22.0 Å². The quantitative estimate of drug-likeness (QED) is 0.231. The summed E-state index contributed by atoms with van der Waals surface area (Å²) >= 11 is 5.35. The van der Waals surface area contributed by atoms with Gasteiger partial charge in [0, 0.05) is 5.69 Å². The van der Waals surface area contributed by atoms with E-state index in [9.17, 15) is 22.0 Å². The molecule has 1 aromatic heterocycles. The highest BCUT2D eigenvalue weighted by Crippen LogP contribution is 2.26. The molecule has 2 N–H and O–H groups in total. The molecule has 31 heavy (non-hydrogen) atoms. The molecule has 0 unspecified atom stereocenters. The molecule has 0 saturated carbocycles. The van der Waals surface area contributed by atoms with Crippen LogP contribution in [0.3, 0.4) is 0 Å². The van der Waals surface area contributed by atoms with Crippen LogP contribution in [0, 0.1) is 56.8 Å². The maximum absolute atomic E-state index is 14.0. The molecule has 0 amide bonds. The van der Waals surface area contributed by atoms with Gasteiger partial charge < -0.3 is 10.6 Å². The summed E-state index contributed by atoms with van der Waals surface area (Å²) in [4.78, 5) is 0. The van der Waals surface area contributed by atoms with Crippen LogP contribution >= 0.6 is 12.2 Å². The Hall–Kier alpha value is -3.01. The Kier molecular flexibility index (Phi) is 6.30. The van der Waals surface area contributed by atoms with Crippen LogP contribution in [0.5, 0.6) is 0 Å². The summed E-state index contributed by atoms with van der Waals surface area (Å²) in [5.74, 6) is -9.95. The molecule has 0 aliphatic rings. The van der Waals surface area contributed by atoms with Crippen molar-refractivity contribution in [1.82, 2.24) is 9.78 Å². The van der Waals surface area contributed by atoms with Gasteiger partial charge in [0.2, 0.25) is 5.82 Å². The van der Waals surface area contributed by atoms with Crippen LogP contribution in [0.4, 0.5) is 33.3 Å². The lowest BCUT2D eigenvalue weighted by atomic mass is 10.1. The van der Waals surface area contributed by atoms with Gasteiger partial charge in [0.1, 0.15) is 0 Å². The molecule has 3 aromatic rings. The predicted octanol–water partition coefficient (Wildman–Crippen LogP) is 5.67. The van der Waals surface area contributed by atoms with Crippen LogP contribution < -0.4 is 10.6 Å². The number of benzene rings is 2. The minimum absolute atomic E-state index is 0.260. The number of anilines is 2. The maximum atomic E-state index is 14.0. The van der Waals surface area contributed by atoms with Gasteiger partial charge in [0.25, 0.3) is 0 Å². The molecule has 1 heterocycles. The lowest BCUT2D eigenvalue weighted by Crippen LogP contribution is -2.20. The lowest BCUT2D eigenvalue weighted by Gasteiger charge is -2.14. The molecule has 2 aromatic carbocycles. The van der Waals surface area contributed by atoms with Crippen molar-refractivity contribution in [2.45, 2.75) is 34.2 Å². The third-order valence-corrected chi connectivity index (χ3v) is 5.29. The standard InChI is InChI=1S/C21H19F5N4S/c1-9-6-5-7-14(10(9)2)27-21(31)28-20-11(3)29-30(12(20)4)8-13-15(22)17(24)19(26)18(25)16(13)23/h5-7H,8H2,1-4H3,(H2,27,28,31). The van der Waals surface area contributed by atoms with Crippen molar-refractivity contribution in [3.8, 4) is 0 Å². The molecule has 0 radical (unpaired) electrons. The smallest absolute Gasteiger partial charge is 0.200 e. The van der Waals surface area contributed by atoms with Gasteiger partial charge in [-0.1, -0.05) is 12.1 Å². The van der Waals surface area contributed by atoms with E-state index in [1.807, 2.05) is 32.0 Å². The van der Waals surface area contributed by atoms with E-state index in [-0.39, 0.29) is 5.11 Å². The van der Waals surface area contributed by atoms with E-state index in [2.05, 4.69) is 15.7 Å². The Morgan fingerprint density at radius 3 is 2.10 bits per heavy atom. The fourth-order valence-corrected chi connectivity index (χ4v) is 3.34. The molecule has 164 valence electrons. The summed E-state index contributed by atoms with van der Waals surface area (Å²) in [6.07, 6.45) is 0. The van der Waals surface area contributed by atoms with Crippen molar-refractivity contribution in [3.05, 3.63) is 75.4 Å². The first-order chi connectivity index (χ1) is 14.5. The van der Waals surface area contributed by atoms with E-state index < -0.39 is 41.2 Å². The summed E-state index contributed by atoms with van der Waals surface area (Å²) in [6.45, 7) is 6.49. The summed E-state index contributed by atoms with van der Waals surface area (Å²) < 4.78 is 69.5. The zero-order chi connectivity index (χ0) is 23.0. The first kappa shape index (κ1) is 22.7. The van der Waals surface area contributed by atoms with Crippen molar-refractivity contribution in [1.29, 1.82) is 0 Å². The summed E-state index contributed by atoms with van der Waals surface area (Å²) in [5, 5.41) is 10.5. The van der Waals surface area contributed by atoms with E-state index in [4.69, 9.17) is 12.2 Å². The molecule has 0 bridgehead atoms. The number of nitrogens with one attached hydrogen (secondary N) is 2. The molecule has 0 atom stereocenters. The third kappa shape index (κ3) is 4.25. The monoisotopic (exact) mass is 454 g/mol. The zero-order valence-electron chi connectivity index (χ0n) is 17.1. The minimum atomic E-state index is -2.20. The number of aryl methyl sites for hydroxylation is 2. The predicted molar refractivity (Wildman–Crippen MR) is 113 cm³/mol. The molecule has 4 nitrogen and oxygen atoms in total. The van der Waals surface area contributed by atoms with Crippen molar-refractivity contribution < 1.29 is 22.0 Å². The molecule has 0 fully saturated rings. The Morgan fingerprint density at radius 1 is 0.903 bits per heavy atom. The largest absolute Gasteiger partial charge is 0.332 e. The molecular weight excluding hydrogens is 435 g/mol. The zero-order valence-corrected chi connectivity index (χ0v) is 17.9. The van der Waals surface area contributed by atoms with Gasteiger partial charge in [-0.2, -0.15) is 5.10 Å². The SMILES string of the molecule is Cc1cccc(NC(=S)Nc2c(C)nn(Cc3c(F)c(F)c(F)c(F)c3F)c2C)c1C. The number of hydrogen-bond donors (Lipinski definition) is 2. The Morgan fingerprint density at radius 2 is 1.48 bits per heavy atom. The van der Waals surface area contributed by atoms with Gasteiger partial charge in [0.15, 0.2) is 28.4 Å². The minimum Gasteiger partial charge on any atom is -0.332 e. The van der Waals surface area contributed by atoms with Crippen LogP contribution in [-0.4, -0.2) is 14.9 Å². The average Bonchev–Trinajstić information content (AvgIpc) is 2.99. The van der Waals surface area contributed by atoms with E-state index in [0.29, 0.717) is 17.1 Å². The highest BCUT2D eigenvalue weighted by Gasteiger charge is 2.26. The van der Waals surface area contributed by atoms with E-state index in [1.54, 1.807) is 13.8 Å². The summed E-state index contributed by atoms with van der Waals surface area (Å²) in [5.41, 5.74) is 3.24. The second kappa shape index (κ2) is 8.62. The lowest BCUT2D eigenvalue weighted by molar-refractivity contribution is 0.366. The average molecular weight is 454 g/mol. The van der Waals surface area contributed by atoms with Crippen molar-refractivity contribution >= 4 is 28.7 Å². The second-order valence-corrected chi connectivity index (χ2v) is 7.49. The van der Waals surface area contributed by atoms with E-state index in [1.165, 1.54) is 0 Å². The number of halogens is 5. The summed E-state index contributed by atoms with van der Waals surface area (Å²) in [7, 11) is 0. The van der Waals surface area contributed by atoms with Crippen LogP contribution in [-0.2, 0) is 6.54 Å². The molecule has 10 heteroatoms. The van der Waals surface area contributed by atoms with E-state index >= 15 is 0 Å². The van der Waals surface area contributed by atoms with Crippen LogP contribution in [0.1, 0.15) is 28.1 Å². The van der Waals surface area contributed by atoms with Crippen molar-refractivity contribution in [3.63, 3.8) is 0 Å². The number of hydrogen-bond acceptors (Lipinski definition) is 2. The van der Waals surface area contributed by atoms with Crippen LogP contribution in [0.2, 0.25) is 0 Å². The first-order valence-corrected chi connectivity index (χ1v) is 9.62. The fraction of sp³-hybridized carbons (Fsp3) is 0.238. The third-order valence-electron chi connectivity index (χ3n) is 5.08. The molecule has 0 saturated heterocycles. The molecule has 3 rings (SSSR count). The highest BCUT2D eigenvalue weighted by atomic mass is 32.1. The number of thiocarbonyl (C=S) groups is 1. The Labute approximate surface area is 181 Å². The van der Waals surface area contributed by atoms with Gasteiger partial charge in [-0.15, -0.1) is 0 Å². The molecular formula is C21H19F5N4S. The van der Waals surface area contributed by atoms with E-state index in [0.717, 1.165) is 21.5 Å². The maximum Gasteiger partial charge on any atom is 0.200 e.